The second kappa shape index (κ2) is 3.30. The summed E-state index contributed by atoms with van der Waals surface area (Å²) < 4.78 is 1.61. The number of H-pyrrole nitrogens is 1. The lowest BCUT2D eigenvalue weighted by Gasteiger charge is -2.02. The lowest BCUT2D eigenvalue weighted by atomic mass is 10.1. The molecular weight excluding hydrogens is 206 g/mol. The van der Waals surface area contributed by atoms with Crippen LogP contribution in [0.15, 0.2) is 4.79 Å². The largest absolute Gasteiger partial charge is 0.343 e. The molecule has 2 heterocycles. The zero-order valence-corrected chi connectivity index (χ0v) is 9.71. The van der Waals surface area contributed by atoms with E-state index in [1.54, 1.807) is 25.6 Å². The van der Waals surface area contributed by atoms with Gasteiger partial charge in [0.2, 0.25) is 5.43 Å². The van der Waals surface area contributed by atoms with Gasteiger partial charge in [0, 0.05) is 12.7 Å². The number of carbonyl (C=O) groups excluding carboxylic acids is 1. The molecule has 2 aromatic rings. The molecule has 16 heavy (non-hydrogen) atoms. The van der Waals surface area contributed by atoms with Crippen LogP contribution in [0.5, 0.6) is 0 Å². The highest BCUT2D eigenvalue weighted by molar-refractivity contribution is 5.98. The van der Waals surface area contributed by atoms with Crippen molar-refractivity contribution in [2.75, 3.05) is 0 Å². The molecule has 0 aliphatic heterocycles. The van der Waals surface area contributed by atoms with Gasteiger partial charge in [-0.05, 0) is 20.8 Å². The van der Waals surface area contributed by atoms with Crippen molar-refractivity contribution >= 4 is 16.8 Å². The molecule has 5 heteroatoms. The van der Waals surface area contributed by atoms with Gasteiger partial charge in [-0.25, -0.2) is 0 Å². The van der Waals surface area contributed by atoms with Crippen LogP contribution >= 0.6 is 0 Å². The molecule has 0 bridgehead atoms. The average Bonchev–Trinajstić information content (AvgIpc) is 2.41. The highest BCUT2D eigenvalue weighted by Gasteiger charge is 2.17. The molecule has 0 aromatic carbocycles. The van der Waals surface area contributed by atoms with Gasteiger partial charge in [0.15, 0.2) is 5.78 Å². The molecule has 0 saturated heterocycles. The van der Waals surface area contributed by atoms with E-state index in [2.05, 4.69) is 10.1 Å². The maximum absolute atomic E-state index is 12.1. The predicted molar refractivity (Wildman–Crippen MR) is 60.8 cm³/mol. The molecular formula is C11H13N3O2. The molecule has 0 amide bonds. The summed E-state index contributed by atoms with van der Waals surface area (Å²) in [6, 6.07) is 0. The topological polar surface area (TPSA) is 67.8 Å². The Morgan fingerprint density at radius 3 is 2.56 bits per heavy atom. The fraction of sp³-hybridized carbons (Fsp3) is 0.364. The molecule has 2 aromatic heterocycles. The molecule has 0 aliphatic rings. The maximum atomic E-state index is 12.1. The number of carbonyl (C=O) groups is 1. The first-order chi connectivity index (χ1) is 7.43. The third-order valence-corrected chi connectivity index (χ3v) is 2.71. The number of ketones is 1. The maximum Gasteiger partial charge on any atom is 0.203 e. The van der Waals surface area contributed by atoms with Crippen LogP contribution in [0.4, 0.5) is 0 Å². The highest BCUT2D eigenvalue weighted by Crippen LogP contribution is 2.14. The lowest BCUT2D eigenvalue weighted by Crippen LogP contribution is -2.17. The SMILES string of the molecule is CC(=O)c1c(C)[nH]c2c(c(C)nn2C)c1=O. The molecule has 0 aliphatic carbocycles. The van der Waals surface area contributed by atoms with Crippen LogP contribution in [0.2, 0.25) is 0 Å². The van der Waals surface area contributed by atoms with E-state index in [0.717, 1.165) is 0 Å². The minimum atomic E-state index is -0.232. The number of hydrogen-bond acceptors (Lipinski definition) is 3. The van der Waals surface area contributed by atoms with Crippen LogP contribution in [0, 0.1) is 13.8 Å². The van der Waals surface area contributed by atoms with E-state index in [9.17, 15) is 9.59 Å². The molecule has 84 valence electrons. The predicted octanol–water partition coefficient (Wildman–Crippen LogP) is 1.08. The van der Waals surface area contributed by atoms with Gasteiger partial charge in [-0.3, -0.25) is 14.3 Å². The summed E-state index contributed by atoms with van der Waals surface area (Å²) in [5.41, 5.74) is 1.88. The van der Waals surface area contributed by atoms with E-state index in [0.29, 0.717) is 22.4 Å². The minimum absolute atomic E-state index is 0.219. The molecule has 0 fully saturated rings. The second-order valence-corrected chi connectivity index (χ2v) is 3.94. The Kier molecular flexibility index (Phi) is 2.18. The van der Waals surface area contributed by atoms with Crippen LogP contribution in [0.1, 0.15) is 28.7 Å². The van der Waals surface area contributed by atoms with Gasteiger partial charge >= 0.3 is 0 Å². The van der Waals surface area contributed by atoms with E-state index in [-0.39, 0.29) is 16.8 Å². The normalized spacial score (nSPS) is 11.0. The van der Waals surface area contributed by atoms with E-state index < -0.39 is 0 Å². The minimum Gasteiger partial charge on any atom is -0.343 e. The number of aryl methyl sites for hydroxylation is 3. The summed E-state index contributed by atoms with van der Waals surface area (Å²) in [6.45, 7) is 4.88. The van der Waals surface area contributed by atoms with Gasteiger partial charge < -0.3 is 4.98 Å². The smallest absolute Gasteiger partial charge is 0.203 e. The number of pyridine rings is 1. The Balaban J connectivity index is 3.04. The second-order valence-electron chi connectivity index (χ2n) is 3.94. The van der Waals surface area contributed by atoms with Gasteiger partial charge in [-0.1, -0.05) is 0 Å². The number of fused-ring (bicyclic) bond motifs is 1. The van der Waals surface area contributed by atoms with Crippen LogP contribution in [-0.4, -0.2) is 20.5 Å². The van der Waals surface area contributed by atoms with Gasteiger partial charge in [-0.2, -0.15) is 5.10 Å². The Hall–Kier alpha value is -1.91. The van der Waals surface area contributed by atoms with Crippen molar-refractivity contribution in [3.63, 3.8) is 0 Å². The molecule has 5 nitrogen and oxygen atoms in total. The first kappa shape index (κ1) is 10.6. The monoisotopic (exact) mass is 219 g/mol. The Morgan fingerprint density at radius 1 is 1.38 bits per heavy atom. The summed E-state index contributed by atoms with van der Waals surface area (Å²) in [7, 11) is 1.76. The van der Waals surface area contributed by atoms with Gasteiger partial charge in [-0.15, -0.1) is 0 Å². The number of aromatic amines is 1. The van der Waals surface area contributed by atoms with Crippen LogP contribution in [0.25, 0.3) is 11.0 Å². The van der Waals surface area contributed by atoms with Crippen molar-refractivity contribution in [1.82, 2.24) is 14.8 Å². The van der Waals surface area contributed by atoms with Crippen molar-refractivity contribution in [3.05, 3.63) is 27.2 Å². The van der Waals surface area contributed by atoms with Gasteiger partial charge in [0.1, 0.15) is 5.65 Å². The van der Waals surface area contributed by atoms with Crippen molar-refractivity contribution in [1.29, 1.82) is 0 Å². The third kappa shape index (κ3) is 1.28. The first-order valence-corrected chi connectivity index (χ1v) is 5.00. The molecule has 0 spiro atoms. The van der Waals surface area contributed by atoms with E-state index >= 15 is 0 Å². The summed E-state index contributed by atoms with van der Waals surface area (Å²) in [4.78, 5) is 26.6. The fourth-order valence-electron chi connectivity index (χ4n) is 2.03. The van der Waals surface area contributed by atoms with Gasteiger partial charge in [0.05, 0.1) is 16.6 Å². The standard InChI is InChI=1S/C11H13N3O2/c1-5-8(7(3)15)10(16)9-6(2)13-14(4)11(9)12-5/h1-4H3,(H,12,16). The quantitative estimate of drug-likeness (QED) is 0.730. The fourth-order valence-corrected chi connectivity index (χ4v) is 2.03. The average molecular weight is 219 g/mol. The van der Waals surface area contributed by atoms with E-state index in [1.165, 1.54) is 6.92 Å². The summed E-state index contributed by atoms with van der Waals surface area (Å²) in [5, 5.41) is 4.67. The summed E-state index contributed by atoms with van der Waals surface area (Å²) in [6.07, 6.45) is 0. The van der Waals surface area contributed by atoms with E-state index in [4.69, 9.17) is 0 Å². The Morgan fingerprint density at radius 2 is 2.00 bits per heavy atom. The van der Waals surface area contributed by atoms with E-state index in [1.807, 2.05) is 0 Å². The van der Waals surface area contributed by atoms with Gasteiger partial charge in [0.25, 0.3) is 0 Å². The molecule has 0 saturated carbocycles. The van der Waals surface area contributed by atoms with Crippen molar-refractivity contribution < 1.29 is 4.79 Å². The summed E-state index contributed by atoms with van der Waals surface area (Å²) >= 11 is 0. The summed E-state index contributed by atoms with van der Waals surface area (Å²) in [5.74, 6) is -0.219. The van der Waals surface area contributed by atoms with Crippen LogP contribution < -0.4 is 5.43 Å². The van der Waals surface area contributed by atoms with Crippen LogP contribution in [-0.2, 0) is 7.05 Å². The molecule has 2 rings (SSSR count). The Bertz CT molecular complexity index is 649. The lowest BCUT2D eigenvalue weighted by molar-refractivity contribution is 0.101. The number of nitrogens with one attached hydrogen (secondary N) is 1. The number of Topliss-reactive ketones (excluding diaryl/α,β-unsaturated/α-hetero) is 1. The van der Waals surface area contributed by atoms with Crippen molar-refractivity contribution in [2.24, 2.45) is 7.05 Å². The molecule has 1 N–H and O–H groups in total. The number of aromatic nitrogens is 3. The van der Waals surface area contributed by atoms with Crippen LogP contribution in [0.3, 0.4) is 0 Å². The zero-order valence-electron chi connectivity index (χ0n) is 9.71. The number of nitrogens with zero attached hydrogens (tertiary/aromatic N) is 2. The Labute approximate surface area is 92.1 Å². The molecule has 0 unspecified atom stereocenters. The first-order valence-electron chi connectivity index (χ1n) is 5.00. The third-order valence-electron chi connectivity index (χ3n) is 2.71. The molecule has 0 radical (unpaired) electrons. The highest BCUT2D eigenvalue weighted by atomic mass is 16.1. The zero-order chi connectivity index (χ0) is 12.0. The van der Waals surface area contributed by atoms with Crippen molar-refractivity contribution in [2.45, 2.75) is 20.8 Å². The number of hydrogen-bond donors (Lipinski definition) is 1. The molecule has 0 atom stereocenters. The van der Waals surface area contributed by atoms with Crippen molar-refractivity contribution in [3.8, 4) is 0 Å². The number of rotatable bonds is 1.